The summed E-state index contributed by atoms with van der Waals surface area (Å²) < 4.78 is 0. The van der Waals surface area contributed by atoms with Crippen molar-refractivity contribution < 1.29 is 29.7 Å². The lowest BCUT2D eigenvalue weighted by Gasteiger charge is -1.94. The third-order valence-electron chi connectivity index (χ3n) is 1.05. The molecule has 80 valence electrons. The molecule has 0 atom stereocenters. The lowest BCUT2D eigenvalue weighted by atomic mass is 10.2. The van der Waals surface area contributed by atoms with Crippen molar-refractivity contribution in [3.63, 3.8) is 0 Å². The van der Waals surface area contributed by atoms with Crippen molar-refractivity contribution in [1.29, 1.82) is 0 Å². The largest absolute Gasteiger partial charge is 0.481 e. The number of carboxylic acid groups (broad SMARTS) is 3. The van der Waals surface area contributed by atoms with E-state index in [1.807, 2.05) is 0 Å². The molecule has 0 aromatic heterocycles. The van der Waals surface area contributed by atoms with Crippen molar-refractivity contribution >= 4 is 17.9 Å². The highest BCUT2D eigenvalue weighted by Crippen LogP contribution is 1.91. The molecular formula is C8H12O6. The van der Waals surface area contributed by atoms with Gasteiger partial charge < -0.3 is 15.3 Å². The minimum absolute atomic E-state index is 0.891. The number of carbonyl (C=O) groups is 3. The van der Waals surface area contributed by atoms with Crippen molar-refractivity contribution in [1.82, 2.24) is 0 Å². The predicted molar refractivity (Wildman–Crippen MR) is 46.9 cm³/mol. The van der Waals surface area contributed by atoms with Crippen LogP contribution in [0.3, 0.4) is 0 Å². The van der Waals surface area contributed by atoms with Crippen LogP contribution in [0.2, 0.25) is 0 Å². The van der Waals surface area contributed by atoms with Gasteiger partial charge in [-0.15, -0.1) is 0 Å². The topological polar surface area (TPSA) is 112 Å². The molecule has 3 N–H and O–H groups in total. The summed E-state index contributed by atoms with van der Waals surface area (Å²) in [6, 6.07) is 0. The molecule has 0 amide bonds. The second-order valence-electron chi connectivity index (χ2n) is 2.24. The van der Waals surface area contributed by atoms with Crippen molar-refractivity contribution in [2.45, 2.75) is 13.8 Å². The predicted octanol–water partition coefficient (Wildman–Crippen LogP) is 0.439. The number of hydrogen-bond donors (Lipinski definition) is 3. The fraction of sp³-hybridized carbons (Fsp3) is 0.375. The molecule has 0 aliphatic rings. The lowest BCUT2D eigenvalue weighted by molar-refractivity contribution is -0.153. The van der Waals surface area contributed by atoms with Gasteiger partial charge in [0.15, 0.2) is 5.92 Å². The molecule has 0 saturated carbocycles. The van der Waals surface area contributed by atoms with E-state index in [0.717, 1.165) is 13.0 Å². The normalized spacial score (nSPS) is 9.36. The van der Waals surface area contributed by atoms with E-state index in [0.29, 0.717) is 0 Å². The Morgan fingerprint density at radius 2 is 1.43 bits per heavy atom. The van der Waals surface area contributed by atoms with Gasteiger partial charge in [-0.1, -0.05) is 6.08 Å². The standard InChI is InChI=1S/C4H6O4.C4H6O2/c1-2(3(5)6)4(7)8;1-2-3-4(5)6/h2H,1H3,(H,5,6)(H,7,8);2-3H,1H3,(H,5,6)/b;3-2+. The molecular weight excluding hydrogens is 192 g/mol. The lowest BCUT2D eigenvalue weighted by Crippen LogP contribution is -2.19. The maximum absolute atomic E-state index is 9.76. The summed E-state index contributed by atoms with van der Waals surface area (Å²) in [4.78, 5) is 29.0. The van der Waals surface area contributed by atoms with Crippen LogP contribution < -0.4 is 0 Å². The summed E-state index contributed by atoms with van der Waals surface area (Å²) in [5.74, 6) is -4.80. The molecule has 0 spiro atoms. The number of carboxylic acids is 3. The molecule has 6 heteroatoms. The van der Waals surface area contributed by atoms with Gasteiger partial charge in [-0.3, -0.25) is 9.59 Å². The molecule has 0 radical (unpaired) electrons. The van der Waals surface area contributed by atoms with Gasteiger partial charge in [0.25, 0.3) is 0 Å². The summed E-state index contributed by atoms with van der Waals surface area (Å²) in [6.45, 7) is 2.78. The van der Waals surface area contributed by atoms with E-state index in [9.17, 15) is 14.4 Å². The molecule has 0 aliphatic heterocycles. The van der Waals surface area contributed by atoms with E-state index >= 15 is 0 Å². The molecule has 0 unspecified atom stereocenters. The van der Waals surface area contributed by atoms with Crippen LogP contribution in [-0.2, 0) is 14.4 Å². The first-order valence-corrected chi connectivity index (χ1v) is 3.64. The Bertz CT molecular complexity index is 228. The van der Waals surface area contributed by atoms with Crippen molar-refractivity contribution in [2.24, 2.45) is 5.92 Å². The number of rotatable bonds is 3. The third kappa shape index (κ3) is 10.2. The maximum atomic E-state index is 9.76. The zero-order valence-corrected chi connectivity index (χ0v) is 7.80. The first-order valence-electron chi connectivity index (χ1n) is 3.64. The monoisotopic (exact) mass is 204 g/mol. The summed E-state index contributed by atoms with van der Waals surface area (Å²) in [7, 11) is 0. The summed E-state index contributed by atoms with van der Waals surface area (Å²) in [6.07, 6.45) is 2.56. The third-order valence-corrected chi connectivity index (χ3v) is 1.05. The molecule has 0 heterocycles. The zero-order valence-electron chi connectivity index (χ0n) is 7.80. The van der Waals surface area contributed by atoms with E-state index in [1.54, 1.807) is 6.92 Å². The highest BCUT2D eigenvalue weighted by Gasteiger charge is 2.18. The van der Waals surface area contributed by atoms with Crippen LogP contribution in [0.4, 0.5) is 0 Å². The Kier molecular flexibility index (Phi) is 8.15. The number of aliphatic carboxylic acids is 3. The molecule has 0 aromatic carbocycles. The Balaban J connectivity index is 0. The van der Waals surface area contributed by atoms with Crippen molar-refractivity contribution in [3.05, 3.63) is 12.2 Å². The second-order valence-corrected chi connectivity index (χ2v) is 2.24. The molecule has 0 saturated heterocycles. The average molecular weight is 204 g/mol. The van der Waals surface area contributed by atoms with Crippen LogP contribution in [-0.4, -0.2) is 33.2 Å². The zero-order chi connectivity index (χ0) is 11.7. The van der Waals surface area contributed by atoms with Gasteiger partial charge in [0.1, 0.15) is 0 Å². The quantitative estimate of drug-likeness (QED) is 0.454. The van der Waals surface area contributed by atoms with Crippen LogP contribution in [0.5, 0.6) is 0 Å². The highest BCUT2D eigenvalue weighted by molar-refractivity contribution is 5.92. The van der Waals surface area contributed by atoms with Gasteiger partial charge in [0.05, 0.1) is 0 Å². The Morgan fingerprint density at radius 1 is 1.07 bits per heavy atom. The van der Waals surface area contributed by atoms with Crippen LogP contribution >= 0.6 is 0 Å². The molecule has 0 aliphatic carbocycles. The minimum Gasteiger partial charge on any atom is -0.481 e. The molecule has 14 heavy (non-hydrogen) atoms. The van der Waals surface area contributed by atoms with Gasteiger partial charge >= 0.3 is 17.9 Å². The van der Waals surface area contributed by atoms with Crippen molar-refractivity contribution in [2.75, 3.05) is 0 Å². The summed E-state index contributed by atoms with van der Waals surface area (Å²) >= 11 is 0. The fourth-order valence-electron chi connectivity index (χ4n) is 0.248. The number of hydrogen-bond acceptors (Lipinski definition) is 3. The van der Waals surface area contributed by atoms with E-state index in [-0.39, 0.29) is 0 Å². The van der Waals surface area contributed by atoms with Crippen LogP contribution in [0.1, 0.15) is 13.8 Å². The summed E-state index contributed by atoms with van der Waals surface area (Å²) in [5, 5.41) is 23.8. The van der Waals surface area contributed by atoms with Crippen LogP contribution in [0.15, 0.2) is 12.2 Å². The van der Waals surface area contributed by atoms with Gasteiger partial charge in [-0.25, -0.2) is 4.79 Å². The van der Waals surface area contributed by atoms with Gasteiger partial charge in [0.2, 0.25) is 0 Å². The van der Waals surface area contributed by atoms with E-state index in [1.165, 1.54) is 6.08 Å². The molecule has 0 rings (SSSR count). The SMILES string of the molecule is C/C=C/C(=O)O.CC(C(=O)O)C(=O)O. The Morgan fingerprint density at radius 3 is 1.43 bits per heavy atom. The highest BCUT2D eigenvalue weighted by atomic mass is 16.4. The molecule has 0 aromatic rings. The van der Waals surface area contributed by atoms with E-state index in [2.05, 4.69) is 0 Å². The van der Waals surface area contributed by atoms with Crippen LogP contribution in [0, 0.1) is 5.92 Å². The van der Waals surface area contributed by atoms with Gasteiger partial charge in [-0.05, 0) is 13.8 Å². The van der Waals surface area contributed by atoms with Gasteiger partial charge in [-0.2, -0.15) is 0 Å². The van der Waals surface area contributed by atoms with E-state index < -0.39 is 23.8 Å². The van der Waals surface area contributed by atoms with Gasteiger partial charge in [0, 0.05) is 6.08 Å². The average Bonchev–Trinajstić information content (AvgIpc) is 2.03. The maximum Gasteiger partial charge on any atom is 0.327 e. The summed E-state index contributed by atoms with van der Waals surface area (Å²) in [5.41, 5.74) is 0. The molecule has 6 nitrogen and oxygen atoms in total. The minimum atomic E-state index is -1.31. The smallest absolute Gasteiger partial charge is 0.327 e. The second kappa shape index (κ2) is 7.78. The van der Waals surface area contributed by atoms with Crippen LogP contribution in [0.25, 0.3) is 0 Å². The Labute approximate surface area is 80.5 Å². The Hall–Kier alpha value is -1.85. The molecule has 0 fully saturated rings. The first kappa shape index (κ1) is 14.7. The molecule has 0 bridgehead atoms. The van der Waals surface area contributed by atoms with Crippen molar-refractivity contribution in [3.8, 4) is 0 Å². The number of allylic oxidation sites excluding steroid dienone is 1. The first-order chi connectivity index (χ1) is 6.32. The fourth-order valence-corrected chi connectivity index (χ4v) is 0.248. The van der Waals surface area contributed by atoms with E-state index in [4.69, 9.17) is 15.3 Å².